The van der Waals surface area contributed by atoms with Crippen LogP contribution in [0.3, 0.4) is 0 Å². The number of nitrogens with one attached hydrogen (secondary N) is 2. The number of aromatic nitrogens is 4. The van der Waals surface area contributed by atoms with E-state index in [-0.39, 0.29) is 27.9 Å². The molecule has 6 rings (SSSR count). The molecule has 2 aliphatic carbocycles. The number of halogens is 2. The van der Waals surface area contributed by atoms with Gasteiger partial charge in [-0.15, -0.1) is 10.2 Å². The van der Waals surface area contributed by atoms with Gasteiger partial charge in [0.1, 0.15) is 11.4 Å². The molecule has 4 heterocycles. The first-order chi connectivity index (χ1) is 18.1. The van der Waals surface area contributed by atoms with Crippen molar-refractivity contribution in [1.29, 1.82) is 5.26 Å². The molecule has 2 N–H and O–H groups in total. The monoisotopic (exact) mass is 562 g/mol. The minimum atomic E-state index is -4.07. The van der Waals surface area contributed by atoms with Gasteiger partial charge in [0.2, 0.25) is 10.0 Å². The molecule has 1 saturated heterocycles. The first kappa shape index (κ1) is 25.5. The summed E-state index contributed by atoms with van der Waals surface area (Å²) in [4.78, 5) is 2.10. The summed E-state index contributed by atoms with van der Waals surface area (Å²) in [6.07, 6.45) is 1.01. The third-order valence-electron chi connectivity index (χ3n) is 7.53. The Hall–Kier alpha value is -2.73. The van der Waals surface area contributed by atoms with Crippen molar-refractivity contribution in [3.05, 3.63) is 22.8 Å². The Labute approximate surface area is 223 Å². The molecule has 3 aromatic heterocycles. The highest BCUT2D eigenvalue weighted by molar-refractivity contribution is 7.89. The predicted molar refractivity (Wildman–Crippen MR) is 138 cm³/mol. The van der Waals surface area contributed by atoms with Gasteiger partial charge in [-0.3, -0.25) is 0 Å². The number of anilines is 1. The van der Waals surface area contributed by atoms with Gasteiger partial charge >= 0.3 is 0 Å². The van der Waals surface area contributed by atoms with Crippen LogP contribution >= 0.6 is 11.3 Å². The molecule has 2 atom stereocenters. The minimum Gasteiger partial charge on any atom is -0.353 e. The Morgan fingerprint density at radius 3 is 2.47 bits per heavy atom. The third-order valence-corrected chi connectivity index (χ3v) is 10.00. The average molecular weight is 563 g/mol. The van der Waals surface area contributed by atoms with E-state index in [0.717, 1.165) is 36.3 Å². The molecular weight excluding hydrogens is 534 g/mol. The van der Waals surface area contributed by atoms with Crippen LogP contribution in [-0.4, -0.2) is 58.9 Å². The fourth-order valence-electron chi connectivity index (χ4n) is 5.30. The van der Waals surface area contributed by atoms with Crippen LogP contribution in [0.5, 0.6) is 0 Å². The highest BCUT2D eigenvalue weighted by Gasteiger charge is 2.47. The SMILES string of the molecule is C[C@H]1CN(c2cc(S(=O)(=O)NC3(C#N)CC3)cc3c(-c4nnc(C(F)F)s4)c(C4CCC4)nn23)C[C@H](C)N1. The molecule has 3 aliphatic rings. The van der Waals surface area contributed by atoms with Crippen LogP contribution in [0.4, 0.5) is 14.6 Å². The van der Waals surface area contributed by atoms with Gasteiger partial charge in [0, 0.05) is 37.2 Å². The fourth-order valence-corrected chi connectivity index (χ4v) is 7.47. The number of pyridine rings is 1. The number of piperazine rings is 1. The molecule has 0 bridgehead atoms. The maximum Gasteiger partial charge on any atom is 0.291 e. The van der Waals surface area contributed by atoms with Crippen LogP contribution in [0.15, 0.2) is 17.0 Å². The second kappa shape index (κ2) is 9.18. The van der Waals surface area contributed by atoms with Gasteiger partial charge in [-0.1, -0.05) is 17.8 Å². The first-order valence-electron chi connectivity index (χ1n) is 12.7. The molecule has 10 nitrogen and oxygen atoms in total. The van der Waals surface area contributed by atoms with Crippen molar-refractivity contribution in [3.8, 4) is 16.6 Å². The van der Waals surface area contributed by atoms with Crippen LogP contribution in [0.1, 0.15) is 69.0 Å². The second-order valence-electron chi connectivity index (χ2n) is 10.7. The van der Waals surface area contributed by atoms with E-state index in [0.29, 0.717) is 47.8 Å². The number of nitrogens with zero attached hydrogens (tertiary/aromatic N) is 6. The topological polar surface area (TPSA) is 128 Å². The summed E-state index contributed by atoms with van der Waals surface area (Å²) >= 11 is 0.802. The number of hydrogen-bond donors (Lipinski definition) is 2. The number of alkyl halides is 2. The number of sulfonamides is 1. The molecule has 1 aliphatic heterocycles. The molecule has 202 valence electrons. The lowest BCUT2D eigenvalue weighted by Crippen LogP contribution is -2.54. The second-order valence-corrected chi connectivity index (χ2v) is 13.3. The van der Waals surface area contributed by atoms with Crippen molar-refractivity contribution in [2.45, 2.75) is 80.8 Å². The maximum absolute atomic E-state index is 13.6. The molecule has 0 spiro atoms. The Morgan fingerprint density at radius 1 is 1.21 bits per heavy atom. The number of fused-ring (bicyclic) bond motifs is 1. The summed E-state index contributed by atoms with van der Waals surface area (Å²) in [5, 5.41) is 25.6. The molecule has 0 unspecified atom stereocenters. The standard InChI is InChI=1S/C24H28F2N8O2S2/c1-13-10-33(11-14(2)28-13)18-9-16(38(35,36)32-24(12-27)6-7-24)8-17-19(22-29-30-23(37-22)21(25)26)20(31-34(17)18)15-4-3-5-15/h8-9,13-15,21,28,32H,3-7,10-11H2,1-2H3/t13-,14-/m0/s1. The molecular formula is C24H28F2N8O2S2. The predicted octanol–water partition coefficient (Wildman–Crippen LogP) is 3.58. The van der Waals surface area contributed by atoms with Crippen LogP contribution in [0.25, 0.3) is 16.1 Å². The van der Waals surface area contributed by atoms with Crippen molar-refractivity contribution < 1.29 is 17.2 Å². The van der Waals surface area contributed by atoms with Gasteiger partial charge in [0.05, 0.1) is 27.7 Å². The van der Waals surface area contributed by atoms with E-state index in [9.17, 15) is 22.5 Å². The minimum absolute atomic E-state index is 0.000251. The highest BCUT2D eigenvalue weighted by Crippen LogP contribution is 2.45. The summed E-state index contributed by atoms with van der Waals surface area (Å²) in [5.74, 6) is 0.722. The molecule has 0 amide bonds. The lowest BCUT2D eigenvalue weighted by Gasteiger charge is -2.37. The molecule has 0 aromatic carbocycles. The zero-order valence-corrected chi connectivity index (χ0v) is 22.6. The van der Waals surface area contributed by atoms with E-state index in [1.165, 1.54) is 6.07 Å². The first-order valence-corrected chi connectivity index (χ1v) is 15.0. The van der Waals surface area contributed by atoms with Crippen molar-refractivity contribution in [2.75, 3.05) is 18.0 Å². The van der Waals surface area contributed by atoms with Crippen LogP contribution in [-0.2, 0) is 10.0 Å². The maximum atomic E-state index is 13.6. The summed E-state index contributed by atoms with van der Waals surface area (Å²) in [5.41, 5.74) is 0.663. The van der Waals surface area contributed by atoms with Gasteiger partial charge < -0.3 is 10.2 Å². The summed E-state index contributed by atoms with van der Waals surface area (Å²) in [6.45, 7) is 5.38. The zero-order valence-electron chi connectivity index (χ0n) is 21.0. The molecule has 38 heavy (non-hydrogen) atoms. The van der Waals surface area contributed by atoms with E-state index in [1.54, 1.807) is 10.6 Å². The molecule has 14 heteroatoms. The zero-order chi connectivity index (χ0) is 26.8. The Balaban J connectivity index is 1.58. The van der Waals surface area contributed by atoms with Crippen LogP contribution in [0.2, 0.25) is 0 Å². The van der Waals surface area contributed by atoms with Gasteiger partial charge in [-0.2, -0.15) is 15.1 Å². The number of nitriles is 1. The largest absolute Gasteiger partial charge is 0.353 e. The number of hydrogen-bond acceptors (Lipinski definition) is 9. The van der Waals surface area contributed by atoms with E-state index in [4.69, 9.17) is 5.10 Å². The van der Waals surface area contributed by atoms with Crippen LogP contribution < -0.4 is 14.9 Å². The van der Waals surface area contributed by atoms with Gasteiger partial charge in [-0.25, -0.2) is 21.7 Å². The van der Waals surface area contributed by atoms with Crippen molar-refractivity contribution in [2.24, 2.45) is 0 Å². The van der Waals surface area contributed by atoms with Gasteiger partial charge in [0.25, 0.3) is 6.43 Å². The van der Waals surface area contributed by atoms with Gasteiger partial charge in [0.15, 0.2) is 10.0 Å². The average Bonchev–Trinajstić information content (AvgIpc) is 3.23. The van der Waals surface area contributed by atoms with E-state index >= 15 is 0 Å². The quantitative estimate of drug-likeness (QED) is 0.447. The highest BCUT2D eigenvalue weighted by atomic mass is 32.2. The Bertz CT molecular complexity index is 1530. The van der Waals surface area contributed by atoms with E-state index < -0.39 is 22.0 Å². The normalized spacial score (nSPS) is 23.5. The van der Waals surface area contributed by atoms with Crippen molar-refractivity contribution in [3.63, 3.8) is 0 Å². The summed E-state index contributed by atoms with van der Waals surface area (Å²) in [7, 11) is -4.07. The lowest BCUT2D eigenvalue weighted by atomic mass is 9.81. The molecule has 3 fully saturated rings. The third kappa shape index (κ3) is 4.45. The van der Waals surface area contributed by atoms with E-state index in [1.807, 2.05) is 0 Å². The lowest BCUT2D eigenvalue weighted by molar-refractivity contribution is 0.150. The molecule has 0 radical (unpaired) electrons. The Morgan fingerprint density at radius 2 is 1.92 bits per heavy atom. The van der Waals surface area contributed by atoms with Crippen molar-refractivity contribution >= 4 is 32.7 Å². The number of rotatable bonds is 7. The summed E-state index contributed by atoms with van der Waals surface area (Å²) < 4.78 is 58.3. The van der Waals surface area contributed by atoms with Crippen molar-refractivity contribution in [1.82, 2.24) is 29.9 Å². The molecule has 2 saturated carbocycles. The fraction of sp³-hybridized carbons (Fsp3) is 0.583. The Kier molecular flexibility index (Phi) is 6.17. The van der Waals surface area contributed by atoms with Crippen LogP contribution in [0, 0.1) is 11.3 Å². The summed E-state index contributed by atoms with van der Waals surface area (Å²) in [6, 6.07) is 5.49. The smallest absolute Gasteiger partial charge is 0.291 e. The molecule has 3 aromatic rings. The van der Waals surface area contributed by atoms with Gasteiger partial charge in [-0.05, 0) is 45.6 Å². The van der Waals surface area contributed by atoms with E-state index in [2.05, 4.69) is 45.1 Å².